The lowest BCUT2D eigenvalue weighted by atomic mass is 9.74. The molecule has 5 atom stereocenters. The molecular weight excluding hydrogens is 679 g/mol. The zero-order valence-electron chi connectivity index (χ0n) is 31.8. The summed E-state index contributed by atoms with van der Waals surface area (Å²) >= 11 is 0. The maximum atomic E-state index is 12.8. The molecule has 2 heterocycles. The summed E-state index contributed by atoms with van der Waals surface area (Å²) in [5.41, 5.74) is 7.57. The van der Waals surface area contributed by atoms with E-state index < -0.39 is 0 Å². The summed E-state index contributed by atoms with van der Waals surface area (Å²) < 4.78 is 4.31. The van der Waals surface area contributed by atoms with Crippen molar-refractivity contribution in [1.29, 1.82) is 5.41 Å². The zero-order chi connectivity index (χ0) is 37.3. The monoisotopic (exact) mass is 731 g/mol. The highest BCUT2D eigenvalue weighted by atomic mass is 16.3. The summed E-state index contributed by atoms with van der Waals surface area (Å²) in [7, 11) is 0. The van der Waals surface area contributed by atoms with Gasteiger partial charge in [0.05, 0.1) is 23.5 Å². The summed E-state index contributed by atoms with van der Waals surface area (Å²) in [5.74, 6) is 11.2. The van der Waals surface area contributed by atoms with Gasteiger partial charge in [0.15, 0.2) is 0 Å². The number of carbonyl (C=O) groups excluding carboxylic acids is 1. The fourth-order valence-electron chi connectivity index (χ4n) is 11.0. The molecule has 55 heavy (non-hydrogen) atoms. The molecule has 0 radical (unpaired) electrons. The fraction of sp³-hybridized carbons (Fsp3) is 0.438. The highest BCUT2D eigenvalue weighted by Crippen LogP contribution is 2.61. The van der Waals surface area contributed by atoms with Crippen molar-refractivity contribution in [2.24, 2.45) is 29.6 Å². The molecule has 5 saturated carbocycles. The topological polar surface area (TPSA) is 95.9 Å². The van der Waals surface area contributed by atoms with Crippen molar-refractivity contribution in [2.45, 2.75) is 95.7 Å². The molecule has 5 unspecified atom stereocenters. The summed E-state index contributed by atoms with van der Waals surface area (Å²) in [4.78, 5) is 17.9. The number of nitrogens with zero attached hydrogens (tertiary/aromatic N) is 3. The summed E-state index contributed by atoms with van der Waals surface area (Å²) in [5, 5.41) is 23.9. The molecule has 0 saturated heterocycles. The highest BCUT2D eigenvalue weighted by Gasteiger charge is 2.53. The van der Waals surface area contributed by atoms with Gasteiger partial charge in [0.1, 0.15) is 11.1 Å². The van der Waals surface area contributed by atoms with E-state index in [1.165, 1.54) is 25.7 Å². The fourth-order valence-corrected chi connectivity index (χ4v) is 11.0. The lowest BCUT2D eigenvalue weighted by molar-refractivity contribution is -0.122. The smallest absolute Gasteiger partial charge is 0.220 e. The van der Waals surface area contributed by atoms with Crippen LogP contribution in [0.15, 0.2) is 91.3 Å². The van der Waals surface area contributed by atoms with Gasteiger partial charge in [-0.05, 0) is 123 Å². The van der Waals surface area contributed by atoms with Crippen molar-refractivity contribution in [1.82, 2.24) is 19.4 Å². The Labute approximate surface area is 324 Å². The molecule has 1 amide bonds. The second kappa shape index (κ2) is 15.7. The van der Waals surface area contributed by atoms with Crippen molar-refractivity contribution in [3.05, 3.63) is 108 Å². The average molecular weight is 732 g/mol. The largest absolute Gasteiger partial charge is 0.393 e. The van der Waals surface area contributed by atoms with Crippen LogP contribution in [0.5, 0.6) is 0 Å². The molecular formula is C48H53N5O2. The molecule has 5 aromatic rings. The molecule has 3 N–H and O–H groups in total. The molecule has 0 aliphatic heterocycles. The van der Waals surface area contributed by atoms with Gasteiger partial charge in [0, 0.05) is 43.1 Å². The number of aliphatic hydroxyl groups is 1. The number of benzene rings is 3. The molecule has 3 aromatic carbocycles. The Morgan fingerprint density at radius 3 is 2.42 bits per heavy atom. The van der Waals surface area contributed by atoms with E-state index >= 15 is 0 Å². The Morgan fingerprint density at radius 1 is 0.873 bits per heavy atom. The number of aromatic nitrogens is 3. The van der Waals surface area contributed by atoms with Crippen LogP contribution in [0.1, 0.15) is 94.2 Å². The van der Waals surface area contributed by atoms with Gasteiger partial charge in [-0.15, -0.1) is 0 Å². The van der Waals surface area contributed by atoms with Crippen LogP contribution >= 0.6 is 0 Å². The first kappa shape index (κ1) is 35.8. The number of hydrogen-bond donors (Lipinski definition) is 3. The van der Waals surface area contributed by atoms with Crippen LogP contribution in [-0.4, -0.2) is 37.8 Å². The number of rotatable bonds is 11. The van der Waals surface area contributed by atoms with E-state index in [9.17, 15) is 15.3 Å². The van der Waals surface area contributed by atoms with Crippen LogP contribution in [0, 0.1) is 46.8 Å². The van der Waals surface area contributed by atoms with Gasteiger partial charge < -0.3 is 19.6 Å². The Balaban J connectivity index is 0.922. The van der Waals surface area contributed by atoms with E-state index in [0.29, 0.717) is 18.0 Å². The first-order valence-corrected chi connectivity index (χ1v) is 20.8. The van der Waals surface area contributed by atoms with E-state index in [-0.39, 0.29) is 18.1 Å². The molecule has 7 heteroatoms. The van der Waals surface area contributed by atoms with Gasteiger partial charge in [-0.25, -0.2) is 4.98 Å². The average Bonchev–Trinajstić information content (AvgIpc) is 3.78. The maximum Gasteiger partial charge on any atom is 0.220 e. The van der Waals surface area contributed by atoms with Gasteiger partial charge in [0.25, 0.3) is 0 Å². The van der Waals surface area contributed by atoms with Crippen molar-refractivity contribution in [3.8, 4) is 34.2 Å². The van der Waals surface area contributed by atoms with Crippen LogP contribution in [-0.2, 0) is 11.3 Å². The normalized spacial score (nSPS) is 25.2. The van der Waals surface area contributed by atoms with Gasteiger partial charge in [-0.3, -0.25) is 10.2 Å². The van der Waals surface area contributed by atoms with Crippen molar-refractivity contribution in [2.75, 3.05) is 6.54 Å². The van der Waals surface area contributed by atoms with Crippen molar-refractivity contribution in [3.63, 3.8) is 0 Å². The molecule has 282 valence electrons. The minimum atomic E-state index is -0.260. The Bertz CT molecular complexity index is 2270. The van der Waals surface area contributed by atoms with E-state index in [4.69, 9.17) is 4.98 Å². The van der Waals surface area contributed by atoms with Gasteiger partial charge in [-0.2, -0.15) is 0 Å². The standard InChI is InChI=1S/C48H53N5O2/c49-47-45-44(35-15-6-3-7-16-35)46(36-17-8-4-9-18-36)52(48(45)51-31-53(47)39-19-21-40(54)22-20-39)30-33-14-11-13-32(24-33)12-5-1-2-10-23-50-43(55)29-42-38-26-34-25-37(28-38)41(42)27-34/h3-4,6-9,11,13-18,24,31,34,37-42,49,54H,1-2,10,19-23,25-30H2,(H,50,55). The Kier molecular flexibility index (Phi) is 10.2. The Hall–Kier alpha value is -4.93. The number of aliphatic hydroxyl groups excluding tert-OH is 1. The van der Waals surface area contributed by atoms with Crippen LogP contribution in [0.2, 0.25) is 0 Å². The van der Waals surface area contributed by atoms with Gasteiger partial charge in [0.2, 0.25) is 5.91 Å². The minimum absolute atomic E-state index is 0.139. The van der Waals surface area contributed by atoms with Gasteiger partial charge in [-0.1, -0.05) is 84.6 Å². The number of unbranched alkanes of at least 4 members (excludes halogenated alkanes) is 2. The first-order chi connectivity index (χ1) is 27.0. The molecule has 4 bridgehead atoms. The first-order valence-electron chi connectivity index (χ1n) is 20.8. The summed E-state index contributed by atoms with van der Waals surface area (Å²) in [6.07, 6.45) is 13.8. The minimum Gasteiger partial charge on any atom is -0.393 e. The summed E-state index contributed by atoms with van der Waals surface area (Å²) in [6.45, 7) is 1.32. The van der Waals surface area contributed by atoms with E-state index in [0.717, 1.165) is 126 Å². The van der Waals surface area contributed by atoms with Crippen LogP contribution in [0.25, 0.3) is 33.4 Å². The van der Waals surface area contributed by atoms with E-state index in [2.05, 4.69) is 94.5 Å². The van der Waals surface area contributed by atoms with Crippen LogP contribution < -0.4 is 10.8 Å². The van der Waals surface area contributed by atoms with E-state index in [1.807, 2.05) is 23.0 Å². The number of fused-ring (bicyclic) bond motifs is 1. The lowest BCUT2D eigenvalue weighted by Gasteiger charge is -2.31. The predicted octanol–water partition coefficient (Wildman–Crippen LogP) is 8.89. The number of carbonyl (C=O) groups is 1. The second-order valence-corrected chi connectivity index (χ2v) is 16.9. The van der Waals surface area contributed by atoms with Crippen LogP contribution in [0.3, 0.4) is 0 Å². The number of hydrogen-bond acceptors (Lipinski definition) is 4. The highest BCUT2D eigenvalue weighted by molar-refractivity contribution is 6.02. The second-order valence-electron chi connectivity index (χ2n) is 16.9. The zero-order valence-corrected chi connectivity index (χ0v) is 31.8. The third-order valence-electron chi connectivity index (χ3n) is 13.4. The van der Waals surface area contributed by atoms with Crippen molar-refractivity contribution < 1.29 is 9.90 Å². The SMILES string of the molecule is N=c1c2c(-c3ccccc3)c(-c3ccccc3)n(Cc3cccc(C#CCCCCNC(=O)CC4C5CC6CC(C5)C4C6)c3)c2ncn1C1CCC(O)CC1. The molecule has 5 aliphatic rings. The molecule has 2 aromatic heterocycles. The predicted molar refractivity (Wildman–Crippen MR) is 218 cm³/mol. The third-order valence-corrected chi connectivity index (χ3v) is 13.4. The quantitative estimate of drug-likeness (QED) is 0.0936. The number of amides is 1. The third kappa shape index (κ3) is 7.30. The molecule has 5 aliphatic carbocycles. The molecule has 5 fully saturated rings. The Morgan fingerprint density at radius 2 is 1.64 bits per heavy atom. The molecule has 10 rings (SSSR count). The molecule has 0 spiro atoms. The summed E-state index contributed by atoms with van der Waals surface area (Å²) in [6, 6.07) is 29.5. The molecule has 7 nitrogen and oxygen atoms in total. The lowest BCUT2D eigenvalue weighted by Crippen LogP contribution is -2.31. The maximum absolute atomic E-state index is 12.8. The van der Waals surface area contributed by atoms with Crippen molar-refractivity contribution >= 4 is 16.9 Å². The van der Waals surface area contributed by atoms with Crippen LogP contribution in [0.4, 0.5) is 0 Å². The number of nitrogens with one attached hydrogen (secondary N) is 2. The van der Waals surface area contributed by atoms with Gasteiger partial charge >= 0.3 is 0 Å². The van der Waals surface area contributed by atoms with E-state index in [1.54, 1.807) is 0 Å².